The van der Waals surface area contributed by atoms with E-state index in [2.05, 4.69) is 4.98 Å². The third-order valence-electron chi connectivity index (χ3n) is 0.823. The highest BCUT2D eigenvalue weighted by molar-refractivity contribution is 7.10. The number of halogens is 1. The summed E-state index contributed by atoms with van der Waals surface area (Å²) in [4.78, 5) is 5.05. The summed E-state index contributed by atoms with van der Waals surface area (Å²) in [6.07, 6.45) is 5.67. The van der Waals surface area contributed by atoms with Crippen molar-refractivity contribution < 1.29 is 0 Å². The fraction of sp³-hybridized carbons (Fsp3) is 0.167. The molecule has 0 fully saturated rings. The lowest BCUT2D eigenvalue weighted by Crippen LogP contribution is -1.59. The van der Waals surface area contributed by atoms with Crippen LogP contribution in [0.1, 0.15) is 4.88 Å². The summed E-state index contributed by atoms with van der Waals surface area (Å²) in [6, 6.07) is 0. The number of rotatable bonds is 2. The fourth-order valence-electron chi connectivity index (χ4n) is 0.469. The molecule has 1 heterocycles. The smallest absolute Gasteiger partial charge is 0.0797 e. The minimum atomic E-state index is 0.567. The maximum absolute atomic E-state index is 5.42. The van der Waals surface area contributed by atoms with E-state index < -0.39 is 0 Å². The molecular formula is C6H6ClNS. The van der Waals surface area contributed by atoms with Gasteiger partial charge in [0.2, 0.25) is 0 Å². The zero-order valence-corrected chi connectivity index (χ0v) is 6.32. The Morgan fingerprint density at radius 2 is 2.67 bits per heavy atom. The molecule has 0 bridgehead atoms. The minimum Gasteiger partial charge on any atom is -0.253 e. The zero-order chi connectivity index (χ0) is 6.53. The summed E-state index contributed by atoms with van der Waals surface area (Å²) >= 11 is 7.02. The summed E-state index contributed by atoms with van der Waals surface area (Å²) in [5, 5.41) is 0. The standard InChI is InChI=1S/C6H6ClNS/c7-3-1-2-6-4-8-5-9-6/h1-2,4-5H,3H2/b2-1+. The second kappa shape index (κ2) is 3.64. The van der Waals surface area contributed by atoms with Gasteiger partial charge in [-0.15, -0.1) is 22.9 Å². The van der Waals surface area contributed by atoms with Gasteiger partial charge in [0.25, 0.3) is 0 Å². The predicted molar refractivity (Wildman–Crippen MR) is 41.9 cm³/mol. The van der Waals surface area contributed by atoms with Gasteiger partial charge in [-0.05, 0) is 6.08 Å². The molecule has 9 heavy (non-hydrogen) atoms. The molecule has 0 saturated carbocycles. The number of thiazole rings is 1. The number of allylic oxidation sites excluding steroid dienone is 1. The van der Waals surface area contributed by atoms with E-state index in [1.165, 1.54) is 0 Å². The van der Waals surface area contributed by atoms with Crippen LogP contribution in [0.15, 0.2) is 17.8 Å². The van der Waals surface area contributed by atoms with Crippen molar-refractivity contribution in [3.05, 3.63) is 22.7 Å². The van der Waals surface area contributed by atoms with Gasteiger partial charge in [-0.1, -0.05) is 6.08 Å². The normalized spacial score (nSPS) is 10.8. The van der Waals surface area contributed by atoms with Gasteiger partial charge in [0.15, 0.2) is 0 Å². The van der Waals surface area contributed by atoms with E-state index in [-0.39, 0.29) is 0 Å². The highest BCUT2D eigenvalue weighted by atomic mass is 35.5. The SMILES string of the molecule is ClC/C=C/c1cncs1. The second-order valence-electron chi connectivity index (χ2n) is 1.46. The van der Waals surface area contributed by atoms with Gasteiger partial charge in [0.05, 0.1) is 5.51 Å². The third-order valence-corrected chi connectivity index (χ3v) is 1.74. The first-order valence-electron chi connectivity index (χ1n) is 2.54. The Morgan fingerprint density at radius 1 is 1.78 bits per heavy atom. The van der Waals surface area contributed by atoms with Crippen molar-refractivity contribution in [1.29, 1.82) is 0 Å². The van der Waals surface area contributed by atoms with E-state index in [1.54, 1.807) is 16.8 Å². The average molecular weight is 160 g/mol. The molecule has 0 aliphatic rings. The van der Waals surface area contributed by atoms with Crippen LogP contribution in [0.25, 0.3) is 6.08 Å². The minimum absolute atomic E-state index is 0.567. The lowest BCUT2D eigenvalue weighted by Gasteiger charge is -1.76. The van der Waals surface area contributed by atoms with Crippen LogP contribution in [0, 0.1) is 0 Å². The van der Waals surface area contributed by atoms with Gasteiger partial charge in [0, 0.05) is 17.0 Å². The van der Waals surface area contributed by atoms with E-state index in [0.29, 0.717) is 5.88 Å². The Balaban J connectivity index is 2.57. The molecule has 0 amide bonds. The van der Waals surface area contributed by atoms with Crippen LogP contribution in [-0.2, 0) is 0 Å². The van der Waals surface area contributed by atoms with Crippen molar-refractivity contribution in [3.63, 3.8) is 0 Å². The van der Waals surface area contributed by atoms with Crippen molar-refractivity contribution in [2.45, 2.75) is 0 Å². The maximum atomic E-state index is 5.42. The van der Waals surface area contributed by atoms with Gasteiger partial charge < -0.3 is 0 Å². The van der Waals surface area contributed by atoms with E-state index in [1.807, 2.05) is 18.3 Å². The van der Waals surface area contributed by atoms with E-state index in [4.69, 9.17) is 11.6 Å². The molecule has 0 unspecified atom stereocenters. The van der Waals surface area contributed by atoms with Gasteiger partial charge in [-0.3, -0.25) is 4.98 Å². The van der Waals surface area contributed by atoms with Crippen LogP contribution in [0.3, 0.4) is 0 Å². The third kappa shape index (κ3) is 2.16. The Hall–Kier alpha value is -0.340. The first-order chi connectivity index (χ1) is 4.43. The van der Waals surface area contributed by atoms with Crippen LogP contribution in [0.5, 0.6) is 0 Å². The molecule has 0 saturated heterocycles. The van der Waals surface area contributed by atoms with Crippen LogP contribution in [-0.4, -0.2) is 10.9 Å². The van der Waals surface area contributed by atoms with Crippen molar-refractivity contribution >= 4 is 29.0 Å². The molecule has 3 heteroatoms. The van der Waals surface area contributed by atoms with E-state index in [0.717, 1.165) is 4.88 Å². The Kier molecular flexibility index (Phi) is 2.74. The number of aromatic nitrogens is 1. The van der Waals surface area contributed by atoms with E-state index >= 15 is 0 Å². The van der Waals surface area contributed by atoms with Gasteiger partial charge in [-0.2, -0.15) is 0 Å². The quantitative estimate of drug-likeness (QED) is 0.604. The second-order valence-corrected chi connectivity index (χ2v) is 2.69. The van der Waals surface area contributed by atoms with Crippen molar-refractivity contribution in [2.75, 3.05) is 5.88 Å². The molecule has 1 aromatic heterocycles. The van der Waals surface area contributed by atoms with Gasteiger partial charge in [0.1, 0.15) is 0 Å². The highest BCUT2D eigenvalue weighted by Gasteiger charge is 1.83. The lowest BCUT2D eigenvalue weighted by molar-refractivity contribution is 1.42. The number of hydrogen-bond acceptors (Lipinski definition) is 2. The van der Waals surface area contributed by atoms with Crippen LogP contribution >= 0.6 is 22.9 Å². The zero-order valence-electron chi connectivity index (χ0n) is 4.75. The summed E-state index contributed by atoms with van der Waals surface area (Å²) in [6.45, 7) is 0. The molecule has 0 aliphatic heterocycles. The topological polar surface area (TPSA) is 12.9 Å². The first-order valence-corrected chi connectivity index (χ1v) is 3.96. The molecule has 0 N–H and O–H groups in total. The summed E-state index contributed by atoms with van der Waals surface area (Å²) in [5.74, 6) is 0.567. The van der Waals surface area contributed by atoms with Gasteiger partial charge in [-0.25, -0.2) is 0 Å². The average Bonchev–Trinajstić information content (AvgIpc) is 2.34. The number of hydrogen-bond donors (Lipinski definition) is 0. The largest absolute Gasteiger partial charge is 0.253 e. The molecule has 1 nitrogen and oxygen atoms in total. The molecule has 0 atom stereocenters. The molecule has 0 aromatic carbocycles. The number of alkyl halides is 1. The molecule has 0 radical (unpaired) electrons. The lowest BCUT2D eigenvalue weighted by atomic mass is 10.5. The predicted octanol–water partition coefficient (Wildman–Crippen LogP) is 2.40. The molecule has 48 valence electrons. The maximum Gasteiger partial charge on any atom is 0.0797 e. The Morgan fingerprint density at radius 3 is 3.22 bits per heavy atom. The first kappa shape index (κ1) is 6.78. The van der Waals surface area contributed by atoms with Crippen LogP contribution in [0.2, 0.25) is 0 Å². The molecular weight excluding hydrogens is 154 g/mol. The van der Waals surface area contributed by atoms with E-state index in [9.17, 15) is 0 Å². The van der Waals surface area contributed by atoms with Gasteiger partial charge >= 0.3 is 0 Å². The number of nitrogens with zero attached hydrogens (tertiary/aromatic N) is 1. The Bertz CT molecular complexity index is 181. The highest BCUT2D eigenvalue weighted by Crippen LogP contribution is 2.06. The van der Waals surface area contributed by atoms with Crippen LogP contribution in [0.4, 0.5) is 0 Å². The summed E-state index contributed by atoms with van der Waals surface area (Å²) < 4.78 is 0. The molecule has 0 aliphatic carbocycles. The summed E-state index contributed by atoms with van der Waals surface area (Å²) in [5.41, 5.74) is 1.80. The van der Waals surface area contributed by atoms with Crippen LogP contribution < -0.4 is 0 Å². The monoisotopic (exact) mass is 159 g/mol. The fourth-order valence-corrected chi connectivity index (χ4v) is 1.10. The molecule has 1 aromatic rings. The van der Waals surface area contributed by atoms with Crippen molar-refractivity contribution in [2.24, 2.45) is 0 Å². The molecule has 1 rings (SSSR count). The Labute approximate surface area is 63.0 Å². The summed E-state index contributed by atoms with van der Waals surface area (Å²) in [7, 11) is 0. The van der Waals surface area contributed by atoms with Crippen molar-refractivity contribution in [1.82, 2.24) is 4.98 Å². The molecule has 0 spiro atoms. The van der Waals surface area contributed by atoms with Crippen molar-refractivity contribution in [3.8, 4) is 0 Å².